The molecule has 1 aromatic carbocycles. The van der Waals surface area contributed by atoms with Crippen LogP contribution < -0.4 is 18.9 Å². The molecule has 1 N–H and O–H groups in total. The van der Waals surface area contributed by atoms with Crippen molar-refractivity contribution in [2.75, 3.05) is 6.61 Å². The quantitative estimate of drug-likeness (QED) is 0.407. The minimum atomic E-state index is -3.48. The zero-order valence-corrected chi connectivity index (χ0v) is 13.6. The molecule has 1 rings (SSSR count). The first-order chi connectivity index (χ1) is 9.14. The Morgan fingerprint density at radius 3 is 2.35 bits per heavy atom. The molecule has 0 bridgehead atoms. The van der Waals surface area contributed by atoms with Crippen LogP contribution in [0.2, 0.25) is 0 Å². The zero-order valence-electron chi connectivity index (χ0n) is 13.8. The summed E-state index contributed by atoms with van der Waals surface area (Å²) in [5.41, 5.74) is 0.844. The van der Waals surface area contributed by atoms with E-state index in [1.807, 2.05) is 30.3 Å². The van der Waals surface area contributed by atoms with Crippen LogP contribution in [0.25, 0.3) is 0 Å². The molecule has 0 radical (unpaired) electrons. The van der Waals surface area contributed by atoms with Gasteiger partial charge in [-0.1, -0.05) is 69.4 Å². The second kappa shape index (κ2) is 11.6. The van der Waals surface area contributed by atoms with Gasteiger partial charge in [0, 0.05) is 0 Å². The number of hydrogen-bond donors (Lipinski definition) is 1. The third kappa shape index (κ3) is 9.81. The molecule has 0 aliphatic carbocycles. The van der Waals surface area contributed by atoms with Crippen molar-refractivity contribution in [1.82, 2.24) is 0 Å². The average Bonchev–Trinajstić information content (AvgIpc) is 2.38. The van der Waals surface area contributed by atoms with Gasteiger partial charge in [0.1, 0.15) is 0 Å². The number of unbranched alkanes of at least 4 members (excludes halogenated alkanes) is 5. The van der Waals surface area contributed by atoms with Gasteiger partial charge in [0.05, 0.1) is 12.8 Å². The fourth-order valence-corrected chi connectivity index (χ4v) is 3.13. The predicted octanol–water partition coefficient (Wildman–Crippen LogP) is 1.87. The maximum absolute atomic E-state index is 11.9. The summed E-state index contributed by atoms with van der Waals surface area (Å²) in [5, 5.41) is 0. The fourth-order valence-electron chi connectivity index (χ4n) is 1.95. The Morgan fingerprint density at radius 2 is 1.70 bits per heavy atom. The number of hydrogen-bond acceptors (Lipinski definition) is 2. The topological polar surface area (TPSA) is 46.5 Å². The van der Waals surface area contributed by atoms with Crippen LogP contribution in [0.4, 0.5) is 0 Å². The van der Waals surface area contributed by atoms with Crippen LogP contribution in [0, 0.1) is 0 Å². The van der Waals surface area contributed by atoms with Crippen molar-refractivity contribution in [2.45, 2.75) is 51.6 Å². The summed E-state index contributed by atoms with van der Waals surface area (Å²) >= 11 is 0. The van der Waals surface area contributed by atoms with E-state index >= 15 is 0 Å². The first-order valence-electron chi connectivity index (χ1n) is 7.14. The second-order valence-electron chi connectivity index (χ2n) is 4.88. The van der Waals surface area contributed by atoms with Gasteiger partial charge in [0.15, 0.2) is 0 Å². The Morgan fingerprint density at radius 1 is 1.10 bits per heavy atom. The standard InChI is InChI=1S/C15H25O3P.Li.H/c1-2-3-4-5-6-10-13-18-19(16,17)14-15-11-8-7-9-12-15;;/h7-9,11-12H,2-6,10,13-14H2,1H3,(H,16,17);;/q;+1;-1. The van der Waals surface area contributed by atoms with Gasteiger partial charge in [-0.2, -0.15) is 0 Å². The summed E-state index contributed by atoms with van der Waals surface area (Å²) in [7, 11) is -3.48. The molecule has 0 saturated heterocycles. The average molecular weight is 292 g/mol. The van der Waals surface area contributed by atoms with Crippen LogP contribution in [0.15, 0.2) is 30.3 Å². The Bertz CT molecular complexity index is 390. The third-order valence-corrected chi connectivity index (χ3v) is 4.37. The molecule has 0 fully saturated rings. The molecule has 20 heavy (non-hydrogen) atoms. The van der Waals surface area contributed by atoms with Crippen LogP contribution >= 0.6 is 7.60 Å². The molecule has 110 valence electrons. The summed E-state index contributed by atoms with van der Waals surface area (Å²) in [6.45, 7) is 2.57. The molecule has 0 spiro atoms. The molecule has 1 atom stereocenters. The molecular formula is C15H26LiO3P. The van der Waals surface area contributed by atoms with Crippen molar-refractivity contribution in [3.8, 4) is 0 Å². The Kier molecular flexibility index (Phi) is 11.6. The van der Waals surface area contributed by atoms with Crippen LogP contribution in [-0.4, -0.2) is 11.5 Å². The molecule has 0 saturated carbocycles. The molecule has 0 aliphatic rings. The first kappa shape index (κ1) is 20.0. The van der Waals surface area contributed by atoms with Crippen molar-refractivity contribution >= 4 is 7.60 Å². The van der Waals surface area contributed by atoms with Crippen molar-refractivity contribution in [2.24, 2.45) is 0 Å². The predicted molar refractivity (Wildman–Crippen MR) is 80.4 cm³/mol. The maximum Gasteiger partial charge on any atom is 1.00 e. The molecule has 0 aromatic heterocycles. The second-order valence-corrected chi connectivity index (χ2v) is 6.73. The monoisotopic (exact) mass is 292 g/mol. The van der Waals surface area contributed by atoms with E-state index in [0.29, 0.717) is 6.61 Å². The maximum atomic E-state index is 11.9. The summed E-state index contributed by atoms with van der Waals surface area (Å²) in [5.74, 6) is 0. The minimum Gasteiger partial charge on any atom is -1.00 e. The smallest absolute Gasteiger partial charge is 1.00 e. The van der Waals surface area contributed by atoms with E-state index in [9.17, 15) is 9.46 Å². The Hall–Kier alpha value is -0.0326. The van der Waals surface area contributed by atoms with Gasteiger partial charge in [-0.3, -0.25) is 4.57 Å². The van der Waals surface area contributed by atoms with E-state index < -0.39 is 7.60 Å². The van der Waals surface area contributed by atoms with Crippen molar-refractivity contribution < 1.29 is 34.3 Å². The number of rotatable bonds is 10. The van der Waals surface area contributed by atoms with Gasteiger partial charge >= 0.3 is 26.5 Å². The molecule has 1 aromatic rings. The molecule has 3 nitrogen and oxygen atoms in total. The third-order valence-electron chi connectivity index (χ3n) is 3.02. The van der Waals surface area contributed by atoms with E-state index in [1.54, 1.807) is 0 Å². The van der Waals surface area contributed by atoms with E-state index in [1.165, 1.54) is 25.7 Å². The van der Waals surface area contributed by atoms with Crippen LogP contribution in [0.3, 0.4) is 0 Å². The molecule has 0 amide bonds. The number of benzene rings is 1. The molecule has 0 heterocycles. The summed E-state index contributed by atoms with van der Waals surface area (Å²) < 4.78 is 17.0. The van der Waals surface area contributed by atoms with Crippen molar-refractivity contribution in [3.63, 3.8) is 0 Å². The van der Waals surface area contributed by atoms with E-state index in [0.717, 1.165) is 18.4 Å². The SMILES string of the molecule is CCCCCCCCOP(=O)(O)Cc1ccccc1.[H-].[Li+]. The van der Waals surface area contributed by atoms with Crippen LogP contribution in [-0.2, 0) is 15.3 Å². The van der Waals surface area contributed by atoms with Crippen molar-refractivity contribution in [1.29, 1.82) is 0 Å². The van der Waals surface area contributed by atoms with Gasteiger partial charge in [0.25, 0.3) is 0 Å². The van der Waals surface area contributed by atoms with Crippen LogP contribution in [0.1, 0.15) is 52.4 Å². The fraction of sp³-hybridized carbons (Fsp3) is 0.600. The molecule has 5 heteroatoms. The Balaban J connectivity index is 0. The molecular weight excluding hydrogens is 266 g/mol. The van der Waals surface area contributed by atoms with E-state index in [2.05, 4.69) is 6.92 Å². The van der Waals surface area contributed by atoms with Gasteiger partial charge in [-0.25, -0.2) is 0 Å². The first-order valence-corrected chi connectivity index (χ1v) is 8.90. The van der Waals surface area contributed by atoms with Crippen LogP contribution in [0.5, 0.6) is 0 Å². The summed E-state index contributed by atoms with van der Waals surface area (Å²) in [4.78, 5) is 9.74. The van der Waals surface area contributed by atoms with Gasteiger partial charge in [-0.05, 0) is 12.0 Å². The normalized spacial score (nSPS) is 13.5. The summed E-state index contributed by atoms with van der Waals surface area (Å²) in [6.07, 6.45) is 6.98. The molecule has 1 unspecified atom stereocenters. The van der Waals surface area contributed by atoms with Gasteiger partial charge in [-0.15, -0.1) is 0 Å². The van der Waals surface area contributed by atoms with Crippen molar-refractivity contribution in [3.05, 3.63) is 35.9 Å². The van der Waals surface area contributed by atoms with Gasteiger partial charge < -0.3 is 10.8 Å². The van der Waals surface area contributed by atoms with E-state index in [4.69, 9.17) is 4.52 Å². The molecule has 0 aliphatic heterocycles. The minimum absolute atomic E-state index is 0. The zero-order chi connectivity index (χ0) is 14.0. The summed E-state index contributed by atoms with van der Waals surface area (Å²) in [6, 6.07) is 9.31. The largest absolute Gasteiger partial charge is 1.00 e. The Labute approximate surface area is 136 Å². The van der Waals surface area contributed by atoms with E-state index in [-0.39, 0.29) is 26.4 Å². The van der Waals surface area contributed by atoms with Gasteiger partial charge in [0.2, 0.25) is 0 Å².